The molecule has 0 amide bonds. The lowest BCUT2D eigenvalue weighted by Gasteiger charge is -2.64. The summed E-state index contributed by atoms with van der Waals surface area (Å²) in [6.45, 7) is 0. The van der Waals surface area contributed by atoms with Crippen LogP contribution in [0.25, 0.3) is 0 Å². The Morgan fingerprint density at radius 2 is 0.800 bits per heavy atom. The third-order valence-electron chi connectivity index (χ3n) is 12.9. The third-order valence-corrected chi connectivity index (χ3v) is 12.9. The van der Waals surface area contributed by atoms with E-state index in [1.807, 2.05) is 0 Å². The molecule has 12 atom stereocenters. The van der Waals surface area contributed by atoms with Gasteiger partial charge in [0.1, 0.15) is 0 Å². The molecule has 7 aliphatic rings. The van der Waals surface area contributed by atoms with Crippen molar-refractivity contribution in [3.63, 3.8) is 0 Å². The summed E-state index contributed by atoms with van der Waals surface area (Å²) < 4.78 is 0. The summed E-state index contributed by atoms with van der Waals surface area (Å²) in [4.78, 5) is 0. The van der Waals surface area contributed by atoms with E-state index in [4.69, 9.17) is 0 Å². The summed E-state index contributed by atoms with van der Waals surface area (Å²) in [5.41, 5.74) is 0. The second kappa shape index (κ2) is 7.80. The second-order valence-electron chi connectivity index (χ2n) is 13.7. The van der Waals surface area contributed by atoms with Gasteiger partial charge in [0.15, 0.2) is 0 Å². The van der Waals surface area contributed by atoms with E-state index in [0.717, 1.165) is 47.3 Å². The van der Waals surface area contributed by atoms with Crippen molar-refractivity contribution in [3.8, 4) is 0 Å². The van der Waals surface area contributed by atoms with E-state index >= 15 is 0 Å². The molecule has 0 heterocycles. The van der Waals surface area contributed by atoms with Crippen LogP contribution in [0.15, 0.2) is 0 Å². The van der Waals surface area contributed by atoms with Gasteiger partial charge in [-0.15, -0.1) is 0 Å². The zero-order valence-corrected chi connectivity index (χ0v) is 19.7. The summed E-state index contributed by atoms with van der Waals surface area (Å²) in [6.07, 6.45) is 29.1. The smallest absolute Gasteiger partial charge is 0.0321 e. The van der Waals surface area contributed by atoms with Crippen LogP contribution in [0.1, 0.15) is 116 Å². The molecule has 7 saturated carbocycles. The molecule has 0 nitrogen and oxygen atoms in total. The molecule has 0 bridgehead atoms. The lowest BCUT2D eigenvalue weighted by atomic mass is 9.41. The quantitative estimate of drug-likeness (QED) is 0.377. The van der Waals surface area contributed by atoms with Crippen LogP contribution in [0.3, 0.4) is 0 Å². The van der Waals surface area contributed by atoms with E-state index in [1.165, 1.54) is 23.7 Å². The van der Waals surface area contributed by atoms with Crippen molar-refractivity contribution in [3.05, 3.63) is 0 Å². The normalized spacial score (nSPS) is 57.6. The third kappa shape index (κ3) is 3.04. The topological polar surface area (TPSA) is 0 Å². The van der Waals surface area contributed by atoms with E-state index in [0.29, 0.717) is 0 Å². The first-order valence-corrected chi connectivity index (χ1v) is 14.9. The van der Waals surface area contributed by atoms with Crippen LogP contribution < -0.4 is 0 Å². The summed E-state index contributed by atoms with van der Waals surface area (Å²) in [5, 5.41) is 0. The lowest BCUT2D eigenvalue weighted by molar-refractivity contribution is -0.147. The predicted octanol–water partition coefficient (Wildman–Crippen LogP) is 8.50. The van der Waals surface area contributed by atoms with Gasteiger partial charge >= 0.3 is 0 Å². The van der Waals surface area contributed by atoms with E-state index in [-0.39, 0.29) is 0 Å². The number of fused-ring (bicyclic) bond motifs is 10. The molecule has 168 valence electrons. The number of hydrogen-bond donors (Lipinski definition) is 0. The molecule has 7 fully saturated rings. The van der Waals surface area contributed by atoms with Crippen LogP contribution in [-0.4, -0.2) is 0 Å². The second-order valence-corrected chi connectivity index (χ2v) is 13.7. The molecule has 0 radical (unpaired) electrons. The van der Waals surface area contributed by atoms with Crippen molar-refractivity contribution < 1.29 is 0 Å². The van der Waals surface area contributed by atoms with Crippen LogP contribution in [0.4, 0.5) is 0 Å². The fourth-order valence-electron chi connectivity index (χ4n) is 12.0. The molecule has 12 unspecified atom stereocenters. The highest BCUT2D eigenvalue weighted by atomic mass is 14.6. The molecule has 0 heteroatoms. The van der Waals surface area contributed by atoms with Crippen LogP contribution in [-0.2, 0) is 0 Å². The molecule has 30 heavy (non-hydrogen) atoms. The first-order chi connectivity index (χ1) is 14.9. The standard InChI is InChI=1S/C30H48/c1-2-9-21-16-23-18-29-28(17-22(23)15-20(21)8-1)26-12-6-5-11-25(26)27-14-13-19-7-3-4-10-24(19)30(27)29/h19-30H,1-18H2. The van der Waals surface area contributed by atoms with Gasteiger partial charge in [0.05, 0.1) is 0 Å². The highest BCUT2D eigenvalue weighted by Gasteiger charge is 2.58. The highest BCUT2D eigenvalue weighted by molar-refractivity contribution is 5.07. The van der Waals surface area contributed by atoms with Gasteiger partial charge in [0.2, 0.25) is 0 Å². The minimum atomic E-state index is 1.15. The maximum atomic E-state index is 1.70. The molecule has 7 aliphatic carbocycles. The summed E-state index contributed by atoms with van der Waals surface area (Å²) >= 11 is 0. The predicted molar refractivity (Wildman–Crippen MR) is 125 cm³/mol. The van der Waals surface area contributed by atoms with Gasteiger partial charge in [0, 0.05) is 0 Å². The fourth-order valence-corrected chi connectivity index (χ4v) is 12.0. The van der Waals surface area contributed by atoms with Crippen molar-refractivity contribution in [2.24, 2.45) is 71.0 Å². The molecule has 0 aromatic rings. The Morgan fingerprint density at radius 1 is 0.267 bits per heavy atom. The Kier molecular flexibility index (Phi) is 5.06. The highest BCUT2D eigenvalue weighted by Crippen LogP contribution is 2.66. The zero-order valence-electron chi connectivity index (χ0n) is 19.7. The van der Waals surface area contributed by atoms with Crippen molar-refractivity contribution in [2.45, 2.75) is 116 Å². The number of hydrogen-bond acceptors (Lipinski definition) is 0. The Bertz CT molecular complexity index is 620. The molecular formula is C30H48. The minimum Gasteiger partial charge on any atom is -0.0530 e. The first-order valence-electron chi connectivity index (χ1n) is 14.9. The van der Waals surface area contributed by atoms with Crippen molar-refractivity contribution in [1.82, 2.24) is 0 Å². The average molecular weight is 409 g/mol. The van der Waals surface area contributed by atoms with Crippen LogP contribution in [0, 0.1) is 71.0 Å². The molecule has 0 aromatic heterocycles. The molecule has 0 aliphatic heterocycles. The molecule has 0 aromatic carbocycles. The van der Waals surface area contributed by atoms with Crippen molar-refractivity contribution in [1.29, 1.82) is 0 Å². The van der Waals surface area contributed by atoms with Gasteiger partial charge in [-0.05, 0) is 129 Å². The van der Waals surface area contributed by atoms with Gasteiger partial charge in [-0.2, -0.15) is 0 Å². The van der Waals surface area contributed by atoms with E-state index < -0.39 is 0 Å². The summed E-state index contributed by atoms with van der Waals surface area (Å²) in [7, 11) is 0. The van der Waals surface area contributed by atoms with E-state index in [9.17, 15) is 0 Å². The average Bonchev–Trinajstić information content (AvgIpc) is 2.81. The molecule has 0 N–H and O–H groups in total. The van der Waals surface area contributed by atoms with Gasteiger partial charge in [0.25, 0.3) is 0 Å². The van der Waals surface area contributed by atoms with Gasteiger partial charge in [-0.1, -0.05) is 57.8 Å². The first kappa shape index (κ1) is 19.5. The maximum Gasteiger partial charge on any atom is -0.0321 e. The van der Waals surface area contributed by atoms with Crippen LogP contribution >= 0.6 is 0 Å². The summed E-state index contributed by atoms with van der Waals surface area (Å²) in [6, 6.07) is 0. The molecular weight excluding hydrogens is 360 g/mol. The van der Waals surface area contributed by atoms with Gasteiger partial charge in [-0.25, -0.2) is 0 Å². The monoisotopic (exact) mass is 408 g/mol. The maximum absolute atomic E-state index is 1.70. The van der Waals surface area contributed by atoms with Crippen LogP contribution in [0.2, 0.25) is 0 Å². The Hall–Kier alpha value is 0. The zero-order chi connectivity index (χ0) is 19.7. The molecule has 0 spiro atoms. The van der Waals surface area contributed by atoms with Gasteiger partial charge in [-0.3, -0.25) is 0 Å². The van der Waals surface area contributed by atoms with Gasteiger partial charge < -0.3 is 0 Å². The summed E-state index contributed by atoms with van der Waals surface area (Å²) in [5.74, 6) is 13.9. The Morgan fingerprint density at radius 3 is 1.50 bits per heavy atom. The largest absolute Gasteiger partial charge is 0.0530 e. The minimum absolute atomic E-state index is 1.15. The molecule has 7 rings (SSSR count). The SMILES string of the molecule is C1CCC2CC3CC4C(CC3CC2C1)C1CCCCC1C1CCC2CCCCC2C14. The van der Waals surface area contributed by atoms with Crippen molar-refractivity contribution in [2.75, 3.05) is 0 Å². The number of rotatable bonds is 0. The lowest BCUT2D eigenvalue weighted by Crippen LogP contribution is -2.56. The van der Waals surface area contributed by atoms with Crippen molar-refractivity contribution >= 4 is 0 Å². The fraction of sp³-hybridized carbons (Fsp3) is 1.00. The Labute approximate surface area is 186 Å². The molecule has 0 saturated heterocycles. The van der Waals surface area contributed by atoms with E-state index in [2.05, 4.69) is 0 Å². The van der Waals surface area contributed by atoms with Crippen LogP contribution in [0.5, 0.6) is 0 Å². The van der Waals surface area contributed by atoms with E-state index in [1.54, 1.807) is 116 Å². The Balaban J connectivity index is 1.20.